The summed E-state index contributed by atoms with van der Waals surface area (Å²) in [7, 11) is 0. The monoisotopic (exact) mass is 197 g/mol. The number of rotatable bonds is 3. The lowest BCUT2D eigenvalue weighted by Crippen LogP contribution is -2.19. The molecule has 0 aliphatic heterocycles. The van der Waals surface area contributed by atoms with Crippen molar-refractivity contribution >= 4 is 17.9 Å². The molecule has 4 heteroatoms. The number of thiol groups is 1. The molecule has 70 valence electrons. The average Bonchev–Trinajstić information content (AvgIpc) is 2.08. The highest BCUT2D eigenvalue weighted by atomic mass is 32.1. The minimum Gasteiger partial charge on any atom is -0.508 e. The first-order chi connectivity index (χ1) is 6.18. The van der Waals surface area contributed by atoms with Gasteiger partial charge in [-0.2, -0.15) is 0 Å². The minimum absolute atomic E-state index is 0.252. The van der Waals surface area contributed by atoms with Crippen molar-refractivity contribution in [3.8, 4) is 5.75 Å². The van der Waals surface area contributed by atoms with Crippen molar-refractivity contribution in [3.05, 3.63) is 29.8 Å². The van der Waals surface area contributed by atoms with Gasteiger partial charge < -0.3 is 10.4 Å². The molecule has 0 bridgehead atoms. The Morgan fingerprint density at radius 3 is 2.54 bits per heavy atom. The Labute approximate surface area is 82.2 Å². The molecule has 0 aliphatic carbocycles. The predicted molar refractivity (Wildman–Crippen MR) is 54.2 cm³/mol. The van der Waals surface area contributed by atoms with Crippen LogP contribution < -0.4 is 5.32 Å². The first-order valence-corrected chi connectivity index (χ1v) is 4.38. The molecular weight excluding hydrogens is 186 g/mol. The second kappa shape index (κ2) is 4.77. The van der Waals surface area contributed by atoms with Crippen molar-refractivity contribution in [2.24, 2.45) is 0 Å². The van der Waals surface area contributed by atoms with Crippen LogP contribution in [0.2, 0.25) is 0 Å². The maximum atomic E-state index is 10.4. The highest BCUT2D eigenvalue weighted by molar-refractivity contribution is 7.96. The van der Waals surface area contributed by atoms with E-state index in [-0.39, 0.29) is 11.0 Å². The first kappa shape index (κ1) is 9.92. The Hall–Kier alpha value is -1.16. The molecule has 0 radical (unpaired) electrons. The van der Waals surface area contributed by atoms with E-state index in [1.807, 2.05) is 12.1 Å². The van der Waals surface area contributed by atoms with Crippen molar-refractivity contribution in [1.82, 2.24) is 5.32 Å². The van der Waals surface area contributed by atoms with Gasteiger partial charge in [-0.3, -0.25) is 4.79 Å². The van der Waals surface area contributed by atoms with Crippen LogP contribution in [0.15, 0.2) is 24.3 Å². The van der Waals surface area contributed by atoms with E-state index in [2.05, 4.69) is 17.9 Å². The molecule has 13 heavy (non-hydrogen) atoms. The lowest BCUT2D eigenvalue weighted by molar-refractivity contribution is 0.261. The Kier molecular flexibility index (Phi) is 3.64. The van der Waals surface area contributed by atoms with Gasteiger partial charge in [0.2, 0.25) is 0 Å². The normalized spacial score (nSPS) is 9.62. The summed E-state index contributed by atoms with van der Waals surface area (Å²) >= 11 is 3.57. The SMILES string of the molecule is O=C(S)NCCc1ccc(O)cc1. The van der Waals surface area contributed by atoms with Crippen LogP contribution >= 0.6 is 12.6 Å². The Bertz CT molecular complexity index is 284. The fourth-order valence-electron chi connectivity index (χ4n) is 0.976. The van der Waals surface area contributed by atoms with Gasteiger partial charge >= 0.3 is 0 Å². The molecule has 0 aromatic heterocycles. The van der Waals surface area contributed by atoms with Gasteiger partial charge in [-0.1, -0.05) is 24.8 Å². The summed E-state index contributed by atoms with van der Waals surface area (Å²) in [6.07, 6.45) is 0.743. The topological polar surface area (TPSA) is 49.3 Å². The number of benzene rings is 1. The number of carbonyl (C=O) groups is 1. The zero-order valence-corrected chi connectivity index (χ0v) is 7.92. The van der Waals surface area contributed by atoms with Crippen LogP contribution in [-0.4, -0.2) is 16.9 Å². The number of nitrogens with one attached hydrogen (secondary N) is 1. The molecule has 0 atom stereocenters. The van der Waals surface area contributed by atoms with Crippen molar-refractivity contribution in [2.45, 2.75) is 6.42 Å². The molecule has 1 rings (SSSR count). The fourth-order valence-corrected chi connectivity index (χ4v) is 1.09. The second-order valence-electron chi connectivity index (χ2n) is 2.65. The third-order valence-electron chi connectivity index (χ3n) is 1.63. The molecular formula is C9H11NO2S. The van der Waals surface area contributed by atoms with E-state index in [1.165, 1.54) is 0 Å². The summed E-state index contributed by atoms with van der Waals surface area (Å²) < 4.78 is 0. The molecule has 0 saturated heterocycles. The molecule has 0 fully saturated rings. The van der Waals surface area contributed by atoms with Gasteiger partial charge in [0.05, 0.1) is 0 Å². The van der Waals surface area contributed by atoms with Crippen LogP contribution in [0.3, 0.4) is 0 Å². The standard InChI is InChI=1S/C9H11NO2S/c11-8-3-1-7(2-4-8)5-6-10-9(12)13/h1-4,11H,5-6H2,(H2,10,12,13). The van der Waals surface area contributed by atoms with Gasteiger partial charge in [-0.25, -0.2) is 0 Å². The quantitative estimate of drug-likeness (QED) is 0.644. The minimum atomic E-state index is -0.321. The van der Waals surface area contributed by atoms with E-state index < -0.39 is 0 Å². The molecule has 1 amide bonds. The summed E-state index contributed by atoms with van der Waals surface area (Å²) in [5.41, 5.74) is 1.07. The molecule has 3 nitrogen and oxygen atoms in total. The largest absolute Gasteiger partial charge is 0.508 e. The molecule has 0 heterocycles. The van der Waals surface area contributed by atoms with Gasteiger partial charge in [0.25, 0.3) is 5.24 Å². The van der Waals surface area contributed by atoms with E-state index in [4.69, 9.17) is 5.11 Å². The van der Waals surface area contributed by atoms with Crippen LogP contribution in [0.25, 0.3) is 0 Å². The van der Waals surface area contributed by atoms with E-state index in [0.29, 0.717) is 6.54 Å². The van der Waals surface area contributed by atoms with Crippen molar-refractivity contribution in [1.29, 1.82) is 0 Å². The smallest absolute Gasteiger partial charge is 0.275 e. The molecule has 1 aromatic rings. The lowest BCUT2D eigenvalue weighted by Gasteiger charge is -2.01. The highest BCUT2D eigenvalue weighted by Gasteiger charge is 1.94. The fraction of sp³-hybridized carbons (Fsp3) is 0.222. The first-order valence-electron chi connectivity index (χ1n) is 3.93. The van der Waals surface area contributed by atoms with Crippen molar-refractivity contribution in [3.63, 3.8) is 0 Å². The van der Waals surface area contributed by atoms with E-state index >= 15 is 0 Å². The summed E-state index contributed by atoms with van der Waals surface area (Å²) in [6.45, 7) is 0.563. The van der Waals surface area contributed by atoms with Crippen LogP contribution in [-0.2, 0) is 6.42 Å². The maximum absolute atomic E-state index is 10.4. The molecule has 0 spiro atoms. The van der Waals surface area contributed by atoms with E-state index in [0.717, 1.165) is 12.0 Å². The Morgan fingerprint density at radius 1 is 1.38 bits per heavy atom. The van der Waals surface area contributed by atoms with Gasteiger partial charge in [0.15, 0.2) is 0 Å². The average molecular weight is 197 g/mol. The van der Waals surface area contributed by atoms with Gasteiger partial charge in [0.1, 0.15) is 5.75 Å². The highest BCUT2D eigenvalue weighted by Crippen LogP contribution is 2.09. The predicted octanol–water partition coefficient (Wildman–Crippen LogP) is 1.57. The van der Waals surface area contributed by atoms with Gasteiger partial charge in [-0.15, -0.1) is 0 Å². The summed E-state index contributed by atoms with van der Waals surface area (Å²) in [5.74, 6) is 0.252. The lowest BCUT2D eigenvalue weighted by atomic mass is 10.1. The maximum Gasteiger partial charge on any atom is 0.275 e. The number of phenolic OH excluding ortho intramolecular Hbond substituents is 1. The second-order valence-corrected chi connectivity index (χ2v) is 3.05. The molecule has 0 saturated carbocycles. The van der Waals surface area contributed by atoms with Crippen LogP contribution in [0.1, 0.15) is 5.56 Å². The number of phenols is 1. The van der Waals surface area contributed by atoms with Crippen LogP contribution in [0, 0.1) is 0 Å². The number of carbonyl (C=O) groups excluding carboxylic acids is 1. The number of hydrogen-bond acceptors (Lipinski definition) is 2. The molecule has 1 aromatic carbocycles. The Morgan fingerprint density at radius 2 is 2.00 bits per heavy atom. The van der Waals surface area contributed by atoms with Crippen molar-refractivity contribution in [2.75, 3.05) is 6.54 Å². The third kappa shape index (κ3) is 3.85. The Balaban J connectivity index is 2.37. The van der Waals surface area contributed by atoms with E-state index in [9.17, 15) is 4.79 Å². The van der Waals surface area contributed by atoms with E-state index in [1.54, 1.807) is 12.1 Å². The molecule has 2 N–H and O–H groups in total. The molecule has 0 unspecified atom stereocenters. The summed E-state index contributed by atoms with van der Waals surface area (Å²) in [4.78, 5) is 10.4. The zero-order chi connectivity index (χ0) is 9.68. The van der Waals surface area contributed by atoms with Gasteiger partial charge in [-0.05, 0) is 24.1 Å². The number of aromatic hydroxyl groups is 1. The molecule has 0 aliphatic rings. The summed E-state index contributed by atoms with van der Waals surface area (Å²) in [5, 5.41) is 11.2. The van der Waals surface area contributed by atoms with Crippen LogP contribution in [0.4, 0.5) is 4.79 Å². The van der Waals surface area contributed by atoms with Gasteiger partial charge in [0, 0.05) is 6.54 Å². The summed E-state index contributed by atoms with van der Waals surface area (Å²) in [6, 6.07) is 6.88. The van der Waals surface area contributed by atoms with Crippen LogP contribution in [0.5, 0.6) is 5.75 Å². The number of hydrogen-bond donors (Lipinski definition) is 3. The van der Waals surface area contributed by atoms with Crippen molar-refractivity contribution < 1.29 is 9.90 Å². The number of amides is 1. The zero-order valence-electron chi connectivity index (χ0n) is 7.03. The third-order valence-corrected chi connectivity index (χ3v) is 1.78.